The Hall–Kier alpha value is -1.43. The number of nitrogens with two attached hydrogens (primary N) is 1. The van der Waals surface area contributed by atoms with Gasteiger partial charge in [-0.3, -0.25) is 9.48 Å². The lowest BCUT2D eigenvalue weighted by Gasteiger charge is -2.45. The van der Waals surface area contributed by atoms with Crippen molar-refractivity contribution >= 4 is 5.91 Å². The predicted octanol–water partition coefficient (Wildman–Crippen LogP) is 1.67. The van der Waals surface area contributed by atoms with Crippen LogP contribution in [0.1, 0.15) is 44.9 Å². The SMILES string of the molecule is NC1C2CCCC1CC(C(=O)N1CCC(Cn3ccnn3)CC1)C2. The van der Waals surface area contributed by atoms with Crippen molar-refractivity contribution in [1.29, 1.82) is 0 Å². The van der Waals surface area contributed by atoms with Gasteiger partial charge in [-0.2, -0.15) is 0 Å². The zero-order chi connectivity index (χ0) is 16.5. The lowest BCUT2D eigenvalue weighted by molar-refractivity contribution is -0.140. The van der Waals surface area contributed by atoms with Crippen LogP contribution >= 0.6 is 0 Å². The highest BCUT2D eigenvalue weighted by Gasteiger charge is 2.41. The third-order valence-corrected chi connectivity index (χ3v) is 6.61. The van der Waals surface area contributed by atoms with Crippen molar-refractivity contribution in [3.05, 3.63) is 12.4 Å². The second kappa shape index (κ2) is 6.82. The Labute approximate surface area is 143 Å². The number of hydrogen-bond acceptors (Lipinski definition) is 4. The molecular weight excluding hydrogens is 302 g/mol. The summed E-state index contributed by atoms with van der Waals surface area (Å²) in [4.78, 5) is 15.1. The molecule has 0 spiro atoms. The molecule has 0 radical (unpaired) electrons. The summed E-state index contributed by atoms with van der Waals surface area (Å²) in [5.41, 5.74) is 6.37. The molecule has 2 N–H and O–H groups in total. The molecule has 1 aliphatic heterocycles. The van der Waals surface area contributed by atoms with E-state index in [9.17, 15) is 4.79 Å². The van der Waals surface area contributed by atoms with Crippen LogP contribution in [-0.4, -0.2) is 44.9 Å². The van der Waals surface area contributed by atoms with E-state index < -0.39 is 0 Å². The van der Waals surface area contributed by atoms with Gasteiger partial charge in [0.2, 0.25) is 5.91 Å². The molecule has 6 heteroatoms. The van der Waals surface area contributed by atoms with Gasteiger partial charge >= 0.3 is 0 Å². The second-order valence-corrected chi connectivity index (χ2v) is 8.09. The molecule has 1 saturated heterocycles. The highest BCUT2D eigenvalue weighted by atomic mass is 16.2. The molecule has 1 aromatic rings. The van der Waals surface area contributed by atoms with Crippen LogP contribution in [0.4, 0.5) is 0 Å². The Balaban J connectivity index is 1.30. The van der Waals surface area contributed by atoms with Gasteiger partial charge in [-0.25, -0.2) is 0 Å². The lowest BCUT2D eigenvalue weighted by Crippen LogP contribution is -2.50. The molecule has 2 heterocycles. The van der Waals surface area contributed by atoms with Gasteiger partial charge in [-0.15, -0.1) is 5.10 Å². The molecule has 1 amide bonds. The maximum atomic E-state index is 13.0. The number of likely N-dealkylation sites (tertiary alicyclic amines) is 1. The first kappa shape index (κ1) is 16.1. The molecule has 6 nitrogen and oxygen atoms in total. The molecule has 132 valence electrons. The molecule has 2 aliphatic carbocycles. The molecule has 0 aromatic carbocycles. The summed E-state index contributed by atoms with van der Waals surface area (Å²) in [6.07, 6.45) is 11.6. The molecule has 2 saturated carbocycles. The van der Waals surface area contributed by atoms with E-state index in [1.54, 1.807) is 6.20 Å². The van der Waals surface area contributed by atoms with Crippen LogP contribution in [0.3, 0.4) is 0 Å². The molecule has 2 unspecified atom stereocenters. The van der Waals surface area contributed by atoms with Crippen molar-refractivity contribution in [3.8, 4) is 0 Å². The largest absolute Gasteiger partial charge is 0.342 e. The molecule has 2 bridgehead atoms. The monoisotopic (exact) mass is 331 g/mol. The molecule has 24 heavy (non-hydrogen) atoms. The maximum absolute atomic E-state index is 13.0. The average molecular weight is 331 g/mol. The second-order valence-electron chi connectivity index (χ2n) is 8.09. The Morgan fingerprint density at radius 2 is 1.83 bits per heavy atom. The van der Waals surface area contributed by atoms with Gasteiger partial charge < -0.3 is 10.6 Å². The number of aromatic nitrogens is 3. The molecule has 4 rings (SSSR count). The van der Waals surface area contributed by atoms with E-state index in [0.717, 1.165) is 45.3 Å². The maximum Gasteiger partial charge on any atom is 0.225 e. The van der Waals surface area contributed by atoms with Crippen LogP contribution in [-0.2, 0) is 11.3 Å². The Morgan fingerprint density at radius 3 is 2.46 bits per heavy atom. The lowest BCUT2D eigenvalue weighted by atomic mass is 9.65. The van der Waals surface area contributed by atoms with Crippen molar-refractivity contribution in [2.24, 2.45) is 29.4 Å². The van der Waals surface area contributed by atoms with E-state index in [1.807, 2.05) is 10.9 Å². The Bertz CT molecular complexity index is 538. The smallest absolute Gasteiger partial charge is 0.225 e. The van der Waals surface area contributed by atoms with Crippen molar-refractivity contribution in [1.82, 2.24) is 19.9 Å². The van der Waals surface area contributed by atoms with E-state index in [2.05, 4.69) is 15.2 Å². The van der Waals surface area contributed by atoms with Crippen LogP contribution < -0.4 is 5.73 Å². The van der Waals surface area contributed by atoms with Crippen molar-refractivity contribution in [3.63, 3.8) is 0 Å². The van der Waals surface area contributed by atoms with Crippen molar-refractivity contribution in [2.75, 3.05) is 13.1 Å². The predicted molar refractivity (Wildman–Crippen MR) is 90.9 cm³/mol. The van der Waals surface area contributed by atoms with Crippen LogP contribution in [0, 0.1) is 23.7 Å². The summed E-state index contributed by atoms with van der Waals surface area (Å²) >= 11 is 0. The minimum absolute atomic E-state index is 0.229. The molecule has 3 fully saturated rings. The minimum atomic E-state index is 0.229. The fourth-order valence-corrected chi connectivity index (χ4v) is 5.18. The van der Waals surface area contributed by atoms with Gasteiger partial charge in [0.25, 0.3) is 0 Å². The van der Waals surface area contributed by atoms with Gasteiger partial charge in [0.1, 0.15) is 0 Å². The Morgan fingerprint density at radius 1 is 1.12 bits per heavy atom. The van der Waals surface area contributed by atoms with Crippen molar-refractivity contribution in [2.45, 2.75) is 57.5 Å². The van der Waals surface area contributed by atoms with Crippen molar-refractivity contribution < 1.29 is 4.79 Å². The van der Waals surface area contributed by atoms with Gasteiger partial charge in [0.15, 0.2) is 0 Å². The minimum Gasteiger partial charge on any atom is -0.342 e. The molecule has 3 aliphatic rings. The number of nitrogens with zero attached hydrogens (tertiary/aromatic N) is 4. The summed E-state index contributed by atoms with van der Waals surface area (Å²) in [7, 11) is 0. The summed E-state index contributed by atoms with van der Waals surface area (Å²) in [6, 6.07) is 0.344. The summed E-state index contributed by atoms with van der Waals surface area (Å²) < 4.78 is 1.91. The highest BCUT2D eigenvalue weighted by molar-refractivity contribution is 5.79. The molecule has 1 aromatic heterocycles. The number of fused-ring (bicyclic) bond motifs is 2. The van der Waals surface area contributed by atoms with Crippen LogP contribution in [0.2, 0.25) is 0 Å². The molecule has 2 atom stereocenters. The summed E-state index contributed by atoms with van der Waals surface area (Å²) in [6.45, 7) is 2.72. The number of hydrogen-bond donors (Lipinski definition) is 1. The first-order chi connectivity index (χ1) is 11.7. The highest BCUT2D eigenvalue weighted by Crippen LogP contribution is 2.42. The van der Waals surface area contributed by atoms with Gasteiger partial charge in [-0.05, 0) is 56.3 Å². The van der Waals surface area contributed by atoms with E-state index in [-0.39, 0.29) is 5.92 Å². The zero-order valence-electron chi connectivity index (χ0n) is 14.4. The standard InChI is InChI=1S/C18H29N5O/c19-17-14-2-1-3-15(17)11-16(10-14)18(24)22-7-4-13(5-8-22)12-23-9-6-20-21-23/h6,9,13-17H,1-5,7-8,10-12,19H2. The van der Waals surface area contributed by atoms with Crippen LogP contribution in [0.25, 0.3) is 0 Å². The van der Waals surface area contributed by atoms with Crippen LogP contribution in [0.5, 0.6) is 0 Å². The van der Waals surface area contributed by atoms with Gasteiger partial charge in [-0.1, -0.05) is 11.6 Å². The van der Waals surface area contributed by atoms with E-state index >= 15 is 0 Å². The van der Waals surface area contributed by atoms with Gasteiger partial charge in [0.05, 0.1) is 6.20 Å². The topological polar surface area (TPSA) is 77.0 Å². The van der Waals surface area contributed by atoms with Crippen LogP contribution in [0.15, 0.2) is 12.4 Å². The Kier molecular flexibility index (Phi) is 4.57. The number of carbonyl (C=O) groups excluding carboxylic acids is 1. The van der Waals surface area contributed by atoms with E-state index in [4.69, 9.17) is 5.73 Å². The quantitative estimate of drug-likeness (QED) is 0.914. The number of carbonyl (C=O) groups is 1. The molecular formula is C18H29N5O. The first-order valence-electron chi connectivity index (χ1n) is 9.59. The van der Waals surface area contributed by atoms with E-state index in [1.165, 1.54) is 19.3 Å². The summed E-state index contributed by atoms with van der Waals surface area (Å²) in [5, 5.41) is 7.92. The third kappa shape index (κ3) is 3.21. The third-order valence-electron chi connectivity index (χ3n) is 6.61. The van der Waals surface area contributed by atoms with E-state index in [0.29, 0.717) is 29.7 Å². The zero-order valence-corrected chi connectivity index (χ0v) is 14.4. The fraction of sp³-hybridized carbons (Fsp3) is 0.833. The average Bonchev–Trinajstić information content (AvgIpc) is 3.08. The first-order valence-corrected chi connectivity index (χ1v) is 9.59. The number of rotatable bonds is 3. The summed E-state index contributed by atoms with van der Waals surface area (Å²) in [5.74, 6) is 2.40. The normalized spacial score (nSPS) is 34.3. The number of piperidine rings is 1. The fourth-order valence-electron chi connectivity index (χ4n) is 5.18. The number of amides is 1. The van der Waals surface area contributed by atoms with Gasteiger partial charge in [0, 0.05) is 37.8 Å².